The predicted molar refractivity (Wildman–Crippen MR) is 79.8 cm³/mol. The van der Waals surface area contributed by atoms with Gasteiger partial charge < -0.3 is 15.2 Å². The molecule has 1 amide bonds. The van der Waals surface area contributed by atoms with Gasteiger partial charge in [0.25, 0.3) is 0 Å². The quantitative estimate of drug-likeness (QED) is 0.833. The number of nitrogens with zero attached hydrogens (tertiary/aromatic N) is 3. The van der Waals surface area contributed by atoms with E-state index in [0.717, 1.165) is 0 Å². The molecule has 3 rings (SSSR count). The van der Waals surface area contributed by atoms with Crippen molar-refractivity contribution in [2.45, 2.75) is 24.5 Å². The minimum absolute atomic E-state index is 0.0182. The van der Waals surface area contributed by atoms with Crippen LogP contribution >= 0.6 is 0 Å². The fraction of sp³-hybridized carbons (Fsp3) is 0.412. The molecule has 120 valence electrons. The Morgan fingerprint density at radius 2 is 1.83 bits per heavy atom. The van der Waals surface area contributed by atoms with Crippen LogP contribution in [-0.4, -0.2) is 23.8 Å². The standard InChI is InChI=1S/C17H14N4O3/c1-24-12-4-2-11(3-5-12)13-6-17(23)7-15(8-18,14(22)21-17)16(13,9-19)10-20/h2-5,13,23H,6-7H2,1H3,(H,21,22)/t13-,15+,17+/m0/s1. The summed E-state index contributed by atoms with van der Waals surface area (Å²) in [5.74, 6) is -0.970. The van der Waals surface area contributed by atoms with E-state index in [4.69, 9.17) is 4.74 Å². The van der Waals surface area contributed by atoms with Crippen molar-refractivity contribution in [3.63, 3.8) is 0 Å². The first-order chi connectivity index (χ1) is 11.4. The highest BCUT2D eigenvalue weighted by molar-refractivity contribution is 5.91. The van der Waals surface area contributed by atoms with Gasteiger partial charge in [0.05, 0.1) is 25.3 Å². The molecule has 0 aromatic heterocycles. The van der Waals surface area contributed by atoms with Gasteiger partial charge in [-0.15, -0.1) is 0 Å². The third-order valence-electron chi connectivity index (χ3n) is 5.09. The number of benzene rings is 1. The van der Waals surface area contributed by atoms with Crippen LogP contribution in [0.1, 0.15) is 24.3 Å². The maximum absolute atomic E-state index is 12.4. The molecule has 3 atom stereocenters. The molecule has 24 heavy (non-hydrogen) atoms. The highest BCUT2D eigenvalue weighted by Crippen LogP contribution is 2.62. The Hall–Kier alpha value is -3.08. The highest BCUT2D eigenvalue weighted by atomic mass is 16.5. The Morgan fingerprint density at radius 1 is 1.21 bits per heavy atom. The second-order valence-electron chi connectivity index (χ2n) is 6.24. The van der Waals surface area contributed by atoms with Crippen LogP contribution in [0.5, 0.6) is 5.75 Å². The average Bonchev–Trinajstić information content (AvgIpc) is 2.83. The zero-order valence-electron chi connectivity index (χ0n) is 12.9. The molecule has 2 aliphatic rings. The zero-order valence-corrected chi connectivity index (χ0v) is 12.9. The van der Waals surface area contributed by atoms with Crippen molar-refractivity contribution in [2.75, 3.05) is 7.11 Å². The van der Waals surface area contributed by atoms with Crippen LogP contribution < -0.4 is 10.1 Å². The number of amides is 1. The summed E-state index contributed by atoms with van der Waals surface area (Å²) >= 11 is 0. The van der Waals surface area contributed by atoms with Gasteiger partial charge in [0, 0.05) is 18.8 Å². The van der Waals surface area contributed by atoms with Crippen molar-refractivity contribution in [2.24, 2.45) is 10.8 Å². The Balaban J connectivity index is 2.22. The summed E-state index contributed by atoms with van der Waals surface area (Å²) in [6.45, 7) is 0. The largest absolute Gasteiger partial charge is 0.497 e. The van der Waals surface area contributed by atoms with Gasteiger partial charge in [0.2, 0.25) is 5.91 Å². The van der Waals surface area contributed by atoms with E-state index in [2.05, 4.69) is 5.32 Å². The second-order valence-corrected chi connectivity index (χ2v) is 6.24. The van der Waals surface area contributed by atoms with Crippen molar-refractivity contribution in [1.82, 2.24) is 5.32 Å². The van der Waals surface area contributed by atoms with Crippen molar-refractivity contribution >= 4 is 5.91 Å². The van der Waals surface area contributed by atoms with Gasteiger partial charge >= 0.3 is 0 Å². The van der Waals surface area contributed by atoms with E-state index < -0.39 is 28.4 Å². The van der Waals surface area contributed by atoms with Gasteiger partial charge in [-0.1, -0.05) is 12.1 Å². The smallest absolute Gasteiger partial charge is 0.245 e. The maximum atomic E-state index is 12.4. The summed E-state index contributed by atoms with van der Waals surface area (Å²) in [4.78, 5) is 12.4. The van der Waals surface area contributed by atoms with E-state index in [0.29, 0.717) is 11.3 Å². The van der Waals surface area contributed by atoms with Gasteiger partial charge in [-0.3, -0.25) is 4.79 Å². The molecular formula is C17H14N4O3. The van der Waals surface area contributed by atoms with Gasteiger partial charge in [0.15, 0.2) is 10.8 Å². The molecule has 2 fully saturated rings. The second kappa shape index (κ2) is 4.96. The molecule has 7 nitrogen and oxygen atoms in total. The molecule has 0 unspecified atom stereocenters. The molecule has 1 saturated carbocycles. The van der Waals surface area contributed by atoms with E-state index in [-0.39, 0.29) is 12.8 Å². The summed E-state index contributed by atoms with van der Waals surface area (Å²) in [7, 11) is 1.51. The fourth-order valence-corrected chi connectivity index (χ4v) is 3.87. The lowest BCUT2D eigenvalue weighted by molar-refractivity contribution is -0.128. The Bertz CT molecular complexity index is 815. The van der Waals surface area contributed by atoms with Crippen LogP contribution in [0, 0.1) is 44.8 Å². The van der Waals surface area contributed by atoms with Gasteiger partial charge in [0.1, 0.15) is 11.5 Å². The molecule has 0 spiro atoms. The number of aliphatic hydroxyl groups is 1. The number of ether oxygens (including phenoxy) is 1. The molecule has 7 heteroatoms. The topological polar surface area (TPSA) is 130 Å². The van der Waals surface area contributed by atoms with Crippen molar-refractivity contribution in [3.05, 3.63) is 29.8 Å². The number of hydrogen-bond donors (Lipinski definition) is 2. The van der Waals surface area contributed by atoms with Crippen LogP contribution in [0.4, 0.5) is 0 Å². The van der Waals surface area contributed by atoms with E-state index in [1.165, 1.54) is 7.11 Å². The average molecular weight is 322 g/mol. The van der Waals surface area contributed by atoms with Crippen molar-refractivity contribution in [1.29, 1.82) is 15.8 Å². The molecule has 1 saturated heterocycles. The number of rotatable bonds is 2. The number of hydrogen-bond acceptors (Lipinski definition) is 6. The zero-order chi connectivity index (χ0) is 17.6. The van der Waals surface area contributed by atoms with Crippen molar-refractivity contribution in [3.8, 4) is 24.0 Å². The first-order valence-corrected chi connectivity index (χ1v) is 7.33. The summed E-state index contributed by atoms with van der Waals surface area (Å²) in [5, 5.41) is 42.2. The normalized spacial score (nSPS) is 32.8. The summed E-state index contributed by atoms with van der Waals surface area (Å²) < 4.78 is 5.10. The summed E-state index contributed by atoms with van der Waals surface area (Å²) in [6.07, 6.45) is -0.293. The molecule has 1 aromatic rings. The molecule has 0 radical (unpaired) electrons. The number of carbonyl (C=O) groups is 1. The minimum Gasteiger partial charge on any atom is -0.497 e. The third kappa shape index (κ3) is 1.75. The van der Waals surface area contributed by atoms with Gasteiger partial charge in [-0.2, -0.15) is 15.8 Å². The van der Waals surface area contributed by atoms with E-state index in [1.807, 2.05) is 18.2 Å². The number of fused-ring (bicyclic) bond motifs is 2. The lowest BCUT2D eigenvalue weighted by Crippen LogP contribution is -2.52. The van der Waals surface area contributed by atoms with Crippen LogP contribution in [0.3, 0.4) is 0 Å². The minimum atomic E-state index is -1.91. The molecule has 2 N–H and O–H groups in total. The fourth-order valence-electron chi connectivity index (χ4n) is 3.87. The molecule has 1 aliphatic heterocycles. The van der Waals surface area contributed by atoms with Gasteiger partial charge in [-0.05, 0) is 17.7 Å². The molecule has 1 heterocycles. The summed E-state index contributed by atoms with van der Waals surface area (Å²) in [5.41, 5.74) is -4.81. The molecule has 1 aromatic carbocycles. The number of nitriles is 3. The lowest BCUT2D eigenvalue weighted by Gasteiger charge is -2.43. The number of nitrogens with one attached hydrogen (secondary N) is 1. The highest BCUT2D eigenvalue weighted by Gasteiger charge is 2.73. The van der Waals surface area contributed by atoms with Gasteiger partial charge in [-0.25, -0.2) is 0 Å². The Kier molecular flexibility index (Phi) is 3.27. The van der Waals surface area contributed by atoms with Crippen LogP contribution in [-0.2, 0) is 4.79 Å². The SMILES string of the molecule is COc1ccc([C@@H]2C[C@@]3(O)C[C@@](C#N)(C(=O)N3)C2(C#N)C#N)cc1. The Morgan fingerprint density at radius 3 is 2.33 bits per heavy atom. The molecule has 2 bridgehead atoms. The van der Waals surface area contributed by atoms with Crippen LogP contribution in [0.25, 0.3) is 0 Å². The first-order valence-electron chi connectivity index (χ1n) is 7.33. The Labute approximate surface area is 138 Å². The first kappa shape index (κ1) is 15.8. The van der Waals surface area contributed by atoms with Crippen molar-refractivity contribution < 1.29 is 14.6 Å². The van der Waals surface area contributed by atoms with E-state index in [9.17, 15) is 25.7 Å². The monoisotopic (exact) mass is 322 g/mol. The van der Waals surface area contributed by atoms with Crippen LogP contribution in [0.2, 0.25) is 0 Å². The number of carbonyl (C=O) groups excluding carboxylic acids is 1. The number of methoxy groups -OCH3 is 1. The van der Waals surface area contributed by atoms with E-state index in [1.54, 1.807) is 24.3 Å². The molecule has 1 aliphatic carbocycles. The molecular weight excluding hydrogens is 308 g/mol. The lowest BCUT2D eigenvalue weighted by atomic mass is 9.51. The van der Waals surface area contributed by atoms with E-state index >= 15 is 0 Å². The predicted octanol–water partition coefficient (Wildman–Crippen LogP) is 0.935. The van der Waals surface area contributed by atoms with Crippen LogP contribution in [0.15, 0.2) is 24.3 Å². The summed E-state index contributed by atoms with van der Waals surface area (Å²) in [6, 6.07) is 12.4. The maximum Gasteiger partial charge on any atom is 0.245 e. The third-order valence-corrected chi connectivity index (χ3v) is 5.09.